The Labute approximate surface area is 181 Å². The number of nitrogens with zero attached hydrogens (tertiary/aromatic N) is 2. The first-order chi connectivity index (χ1) is 14.4. The highest BCUT2D eigenvalue weighted by Crippen LogP contribution is 2.23. The Kier molecular flexibility index (Phi) is 8.55. The number of nitrogens with two attached hydrogens (primary N) is 1. The van der Waals surface area contributed by atoms with Gasteiger partial charge in [0.2, 0.25) is 5.91 Å². The third-order valence-corrected chi connectivity index (χ3v) is 4.75. The van der Waals surface area contributed by atoms with Crippen molar-refractivity contribution >= 4 is 11.9 Å². The van der Waals surface area contributed by atoms with Crippen LogP contribution in [0.25, 0.3) is 0 Å². The minimum atomic E-state index is -4.71. The molecule has 0 bridgehead atoms. The van der Waals surface area contributed by atoms with E-state index >= 15 is 0 Å². The molecule has 0 atom stereocenters. The molecule has 174 valence electrons. The number of aliphatic imine (C=N–C) groups is 1. The lowest BCUT2D eigenvalue weighted by Gasteiger charge is -2.32. The van der Waals surface area contributed by atoms with E-state index in [0.717, 1.165) is 31.5 Å². The molecule has 0 radical (unpaired) electrons. The SMILES string of the molecule is CC(C)(C)NC(=O)CN1CCC(CNC(N)=NCc2ccc(OC(F)(F)F)cc2)CC1. The summed E-state index contributed by atoms with van der Waals surface area (Å²) < 4.78 is 40.4. The number of likely N-dealkylation sites (tertiary alicyclic amines) is 1. The maximum Gasteiger partial charge on any atom is 0.573 e. The predicted molar refractivity (Wildman–Crippen MR) is 114 cm³/mol. The Hall–Kier alpha value is -2.49. The van der Waals surface area contributed by atoms with Gasteiger partial charge < -0.3 is 21.1 Å². The first kappa shape index (κ1) is 24.8. The highest BCUT2D eigenvalue weighted by Gasteiger charge is 2.31. The second-order valence-corrected chi connectivity index (χ2v) is 8.79. The lowest BCUT2D eigenvalue weighted by atomic mass is 9.97. The van der Waals surface area contributed by atoms with Gasteiger partial charge in [0.05, 0.1) is 13.1 Å². The number of benzene rings is 1. The van der Waals surface area contributed by atoms with Gasteiger partial charge in [-0.25, -0.2) is 4.99 Å². The van der Waals surface area contributed by atoms with Crippen LogP contribution in [0.15, 0.2) is 29.3 Å². The number of guanidine groups is 1. The van der Waals surface area contributed by atoms with Crippen LogP contribution in [0.2, 0.25) is 0 Å². The fraction of sp³-hybridized carbons (Fsp3) is 0.619. The average molecular weight is 444 g/mol. The van der Waals surface area contributed by atoms with Crippen molar-refractivity contribution < 1.29 is 22.7 Å². The van der Waals surface area contributed by atoms with Gasteiger partial charge in [-0.05, 0) is 70.3 Å². The maximum absolute atomic E-state index is 12.2. The molecule has 0 unspecified atom stereocenters. The maximum atomic E-state index is 12.2. The Balaban J connectivity index is 1.68. The Morgan fingerprint density at radius 2 is 1.81 bits per heavy atom. The lowest BCUT2D eigenvalue weighted by molar-refractivity contribution is -0.274. The molecule has 10 heteroatoms. The van der Waals surface area contributed by atoms with Crippen LogP contribution in [-0.2, 0) is 11.3 Å². The van der Waals surface area contributed by atoms with Gasteiger partial charge in [0.1, 0.15) is 5.75 Å². The molecule has 0 aromatic heterocycles. The highest BCUT2D eigenvalue weighted by molar-refractivity contribution is 5.78. The first-order valence-electron chi connectivity index (χ1n) is 10.3. The van der Waals surface area contributed by atoms with Gasteiger partial charge in [-0.2, -0.15) is 0 Å². The van der Waals surface area contributed by atoms with E-state index in [9.17, 15) is 18.0 Å². The summed E-state index contributed by atoms with van der Waals surface area (Å²) in [6.07, 6.45) is -2.78. The normalized spacial score (nSPS) is 16.8. The van der Waals surface area contributed by atoms with E-state index in [0.29, 0.717) is 25.0 Å². The van der Waals surface area contributed by atoms with Crippen LogP contribution in [0.4, 0.5) is 13.2 Å². The van der Waals surface area contributed by atoms with Crippen LogP contribution >= 0.6 is 0 Å². The molecule has 31 heavy (non-hydrogen) atoms. The number of carbonyl (C=O) groups is 1. The molecule has 1 amide bonds. The first-order valence-corrected chi connectivity index (χ1v) is 10.3. The molecule has 4 N–H and O–H groups in total. The number of halogens is 3. The van der Waals surface area contributed by atoms with Gasteiger partial charge in [0, 0.05) is 12.1 Å². The molecule has 1 aromatic carbocycles. The van der Waals surface area contributed by atoms with Crippen molar-refractivity contribution in [2.75, 3.05) is 26.2 Å². The molecule has 2 rings (SSSR count). The number of ether oxygens (including phenoxy) is 1. The van der Waals surface area contributed by atoms with Crippen molar-refractivity contribution in [2.45, 2.75) is 52.1 Å². The molecule has 1 saturated heterocycles. The number of hydrogen-bond acceptors (Lipinski definition) is 4. The van der Waals surface area contributed by atoms with Gasteiger partial charge in [-0.15, -0.1) is 13.2 Å². The van der Waals surface area contributed by atoms with Crippen molar-refractivity contribution in [2.24, 2.45) is 16.6 Å². The van der Waals surface area contributed by atoms with Crippen LogP contribution in [0.1, 0.15) is 39.2 Å². The zero-order valence-electron chi connectivity index (χ0n) is 18.3. The van der Waals surface area contributed by atoms with E-state index in [1.807, 2.05) is 20.8 Å². The second-order valence-electron chi connectivity index (χ2n) is 8.79. The van der Waals surface area contributed by atoms with Gasteiger partial charge >= 0.3 is 6.36 Å². The van der Waals surface area contributed by atoms with Crippen LogP contribution in [-0.4, -0.2) is 54.8 Å². The quantitative estimate of drug-likeness (QED) is 0.445. The molecule has 0 spiro atoms. The van der Waals surface area contributed by atoms with Gasteiger partial charge in [0.25, 0.3) is 0 Å². The van der Waals surface area contributed by atoms with E-state index in [4.69, 9.17) is 5.73 Å². The minimum Gasteiger partial charge on any atom is -0.406 e. The predicted octanol–water partition coefficient (Wildman–Crippen LogP) is 2.62. The average Bonchev–Trinajstić information content (AvgIpc) is 2.64. The summed E-state index contributed by atoms with van der Waals surface area (Å²) in [5, 5.41) is 6.08. The number of amides is 1. The standard InChI is InChI=1S/C21H32F3N5O2/c1-20(2,3)28-18(30)14-29-10-8-16(9-11-29)13-27-19(25)26-12-15-4-6-17(7-5-15)31-21(22,23)24/h4-7,16H,8-14H2,1-3H3,(H,28,30)(H3,25,26,27). The molecule has 7 nitrogen and oxygen atoms in total. The molecular formula is C21H32F3N5O2. The summed E-state index contributed by atoms with van der Waals surface area (Å²) >= 11 is 0. The zero-order valence-corrected chi connectivity index (χ0v) is 18.3. The van der Waals surface area contributed by atoms with Crippen LogP contribution < -0.4 is 21.1 Å². The fourth-order valence-corrected chi connectivity index (χ4v) is 3.29. The third kappa shape index (κ3) is 10.4. The summed E-state index contributed by atoms with van der Waals surface area (Å²) in [6.45, 7) is 8.96. The van der Waals surface area contributed by atoms with Crippen LogP contribution in [0.5, 0.6) is 5.75 Å². The Morgan fingerprint density at radius 1 is 1.19 bits per heavy atom. The second kappa shape index (κ2) is 10.7. The fourth-order valence-electron chi connectivity index (χ4n) is 3.29. The Morgan fingerprint density at radius 3 is 2.35 bits per heavy atom. The van der Waals surface area contributed by atoms with E-state index < -0.39 is 6.36 Å². The minimum absolute atomic E-state index is 0.0402. The summed E-state index contributed by atoms with van der Waals surface area (Å²) in [5.41, 5.74) is 6.40. The number of rotatable bonds is 7. The summed E-state index contributed by atoms with van der Waals surface area (Å²) in [4.78, 5) is 18.4. The molecule has 1 aliphatic heterocycles. The van der Waals surface area contributed by atoms with E-state index in [1.165, 1.54) is 24.3 Å². The van der Waals surface area contributed by atoms with Crippen LogP contribution in [0.3, 0.4) is 0 Å². The smallest absolute Gasteiger partial charge is 0.406 e. The van der Waals surface area contributed by atoms with Gasteiger partial charge in [-0.3, -0.25) is 9.69 Å². The summed E-state index contributed by atoms with van der Waals surface area (Å²) in [5.74, 6) is 0.504. The zero-order chi connectivity index (χ0) is 23.1. The molecule has 1 fully saturated rings. The molecular weight excluding hydrogens is 411 g/mol. The van der Waals surface area contributed by atoms with Crippen molar-refractivity contribution in [1.82, 2.24) is 15.5 Å². The number of hydrogen-bond donors (Lipinski definition) is 3. The van der Waals surface area contributed by atoms with E-state index in [2.05, 4.69) is 25.3 Å². The monoisotopic (exact) mass is 443 g/mol. The van der Waals surface area contributed by atoms with Crippen molar-refractivity contribution in [1.29, 1.82) is 0 Å². The summed E-state index contributed by atoms with van der Waals surface area (Å²) in [7, 11) is 0. The Bertz CT molecular complexity index is 737. The van der Waals surface area contributed by atoms with Crippen molar-refractivity contribution in [3.8, 4) is 5.75 Å². The molecule has 1 heterocycles. The van der Waals surface area contributed by atoms with Crippen molar-refractivity contribution in [3.05, 3.63) is 29.8 Å². The lowest BCUT2D eigenvalue weighted by Crippen LogP contribution is -2.48. The number of alkyl halides is 3. The highest BCUT2D eigenvalue weighted by atomic mass is 19.4. The van der Waals surface area contributed by atoms with Gasteiger partial charge in [-0.1, -0.05) is 12.1 Å². The topological polar surface area (TPSA) is 92.0 Å². The molecule has 1 aromatic rings. The molecule has 0 saturated carbocycles. The number of nitrogens with one attached hydrogen (secondary N) is 2. The number of piperidine rings is 1. The number of carbonyl (C=O) groups excluding carboxylic acids is 1. The van der Waals surface area contributed by atoms with Crippen LogP contribution in [0, 0.1) is 5.92 Å². The third-order valence-electron chi connectivity index (χ3n) is 4.75. The van der Waals surface area contributed by atoms with E-state index in [1.54, 1.807) is 0 Å². The molecule has 0 aliphatic carbocycles. The van der Waals surface area contributed by atoms with Gasteiger partial charge in [0.15, 0.2) is 5.96 Å². The molecule has 1 aliphatic rings. The summed E-state index contributed by atoms with van der Waals surface area (Å²) in [6, 6.07) is 5.53. The van der Waals surface area contributed by atoms with E-state index in [-0.39, 0.29) is 23.7 Å². The largest absolute Gasteiger partial charge is 0.573 e. The van der Waals surface area contributed by atoms with Crippen molar-refractivity contribution in [3.63, 3.8) is 0 Å².